The van der Waals surface area contributed by atoms with E-state index in [0.29, 0.717) is 0 Å². The van der Waals surface area contributed by atoms with Crippen LogP contribution in [0.1, 0.15) is 64.7 Å². The van der Waals surface area contributed by atoms with Gasteiger partial charge in [0, 0.05) is 0 Å². The third-order valence-corrected chi connectivity index (χ3v) is 7.36. The van der Waals surface area contributed by atoms with Crippen molar-refractivity contribution in [3.05, 3.63) is 0 Å². The molecule has 0 atom stereocenters. The Morgan fingerprint density at radius 3 is 2.14 bits per heavy atom. The summed E-state index contributed by atoms with van der Waals surface area (Å²) in [5.74, 6) is 0. The van der Waals surface area contributed by atoms with Crippen LogP contribution in [0, 0.1) is 0 Å². The maximum absolute atomic E-state index is 2.30. The molecule has 0 N–H and O–H groups in total. The standard InChI is InChI=1S/C8H17.C5H10.Al/c1-3-5-7-8-6-4-2;1-3-5-4-2;/h1,3-8H2,2H3;1-5H2;. The third-order valence-electron chi connectivity index (χ3n) is 3.69. The van der Waals surface area contributed by atoms with Gasteiger partial charge in [0.2, 0.25) is 0 Å². The lowest BCUT2D eigenvalue weighted by molar-refractivity contribution is 0.620. The maximum Gasteiger partial charge on any atom is 0.261 e. The Labute approximate surface area is 94.9 Å². The number of hydrogen-bond donors (Lipinski definition) is 0. The van der Waals surface area contributed by atoms with Crippen LogP contribution in [0.5, 0.6) is 0 Å². The molecule has 14 heavy (non-hydrogen) atoms. The summed E-state index contributed by atoms with van der Waals surface area (Å²) in [6.07, 6.45) is 13.6. The molecule has 1 heterocycles. The van der Waals surface area contributed by atoms with E-state index < -0.39 is 0 Å². The van der Waals surface area contributed by atoms with Crippen molar-refractivity contribution >= 4 is 14.1 Å². The smallest absolute Gasteiger partial charge is 0.0939 e. The monoisotopic (exact) mass is 210 g/mol. The van der Waals surface area contributed by atoms with Crippen LogP contribution in [0.2, 0.25) is 15.8 Å². The van der Waals surface area contributed by atoms with Gasteiger partial charge in [0.15, 0.2) is 0 Å². The van der Waals surface area contributed by atoms with Gasteiger partial charge in [-0.1, -0.05) is 80.6 Å². The molecule has 0 aromatic heterocycles. The van der Waals surface area contributed by atoms with Crippen LogP contribution in [-0.4, -0.2) is 14.1 Å². The van der Waals surface area contributed by atoms with E-state index in [9.17, 15) is 0 Å². The molecule has 1 aliphatic heterocycles. The van der Waals surface area contributed by atoms with Gasteiger partial charge >= 0.3 is 0 Å². The van der Waals surface area contributed by atoms with E-state index in [1.807, 2.05) is 0 Å². The molecule has 1 saturated heterocycles. The van der Waals surface area contributed by atoms with Crippen LogP contribution in [0.25, 0.3) is 0 Å². The van der Waals surface area contributed by atoms with Gasteiger partial charge in [-0.3, -0.25) is 0 Å². The molecule has 0 amide bonds. The van der Waals surface area contributed by atoms with Crippen molar-refractivity contribution in [1.82, 2.24) is 0 Å². The normalized spacial score (nSPS) is 17.4. The first-order chi connectivity index (χ1) is 6.93. The van der Waals surface area contributed by atoms with Gasteiger partial charge < -0.3 is 0 Å². The van der Waals surface area contributed by atoms with Gasteiger partial charge in [0.05, 0.1) is 0 Å². The summed E-state index contributed by atoms with van der Waals surface area (Å²) in [5.41, 5.74) is 0. The van der Waals surface area contributed by atoms with E-state index >= 15 is 0 Å². The zero-order chi connectivity index (χ0) is 10.1. The lowest BCUT2D eigenvalue weighted by atomic mass is 10.1. The number of unbranched alkanes of at least 4 members (excludes halogenated alkanes) is 5. The Hall–Kier alpha value is 0.532. The van der Waals surface area contributed by atoms with E-state index in [4.69, 9.17) is 0 Å². The topological polar surface area (TPSA) is 0 Å². The van der Waals surface area contributed by atoms with Crippen molar-refractivity contribution < 1.29 is 0 Å². The zero-order valence-corrected chi connectivity index (χ0v) is 11.2. The predicted molar refractivity (Wildman–Crippen MR) is 67.4 cm³/mol. The average molecular weight is 210 g/mol. The van der Waals surface area contributed by atoms with Gasteiger partial charge in [-0.05, 0) is 0 Å². The first-order valence-electron chi connectivity index (χ1n) is 6.93. The van der Waals surface area contributed by atoms with Crippen LogP contribution >= 0.6 is 0 Å². The summed E-state index contributed by atoms with van der Waals surface area (Å²) in [5, 5.41) is 5.02. The molecule has 0 unspecified atom stereocenters. The van der Waals surface area contributed by atoms with E-state index in [1.165, 1.54) is 32.1 Å². The fourth-order valence-corrected chi connectivity index (χ4v) is 6.15. The maximum atomic E-state index is 2.30. The minimum atomic E-state index is -0.185. The molecule has 1 heteroatoms. The predicted octanol–water partition coefficient (Wildman–Crippen LogP) is 5.03. The molecule has 0 nitrogen and oxygen atoms in total. The molecular weight excluding hydrogens is 183 g/mol. The van der Waals surface area contributed by atoms with Crippen molar-refractivity contribution in [3.63, 3.8) is 0 Å². The molecule has 0 saturated carbocycles. The molecule has 0 aliphatic carbocycles. The molecule has 0 spiro atoms. The lowest BCUT2D eigenvalue weighted by Crippen LogP contribution is -2.15. The van der Waals surface area contributed by atoms with Gasteiger partial charge in [0.25, 0.3) is 14.1 Å². The molecule has 0 aromatic rings. The highest BCUT2D eigenvalue weighted by Gasteiger charge is 2.18. The molecule has 0 aromatic carbocycles. The molecule has 1 fully saturated rings. The SMILES string of the molecule is CCCCCCC[CH2][Al]1[CH2]CCC[CH2]1. The van der Waals surface area contributed by atoms with Gasteiger partial charge in [-0.15, -0.1) is 0 Å². The lowest BCUT2D eigenvalue weighted by Gasteiger charge is -2.16. The van der Waals surface area contributed by atoms with Crippen LogP contribution in [-0.2, 0) is 0 Å². The second kappa shape index (κ2) is 8.81. The number of rotatable bonds is 7. The molecule has 0 radical (unpaired) electrons. The van der Waals surface area contributed by atoms with Crippen molar-refractivity contribution in [3.8, 4) is 0 Å². The Kier molecular flexibility index (Phi) is 7.93. The van der Waals surface area contributed by atoms with Gasteiger partial charge in [0.1, 0.15) is 0 Å². The van der Waals surface area contributed by atoms with Crippen molar-refractivity contribution in [2.75, 3.05) is 0 Å². The zero-order valence-electron chi connectivity index (χ0n) is 10.1. The molecule has 1 aliphatic rings. The fraction of sp³-hybridized carbons (Fsp3) is 1.00. The summed E-state index contributed by atoms with van der Waals surface area (Å²) in [6, 6.07) is 0. The van der Waals surface area contributed by atoms with Crippen LogP contribution in [0.15, 0.2) is 0 Å². The highest BCUT2D eigenvalue weighted by molar-refractivity contribution is 6.58. The van der Waals surface area contributed by atoms with E-state index in [1.54, 1.807) is 41.5 Å². The second-order valence-electron chi connectivity index (χ2n) is 5.06. The molecule has 1 rings (SSSR count). The quantitative estimate of drug-likeness (QED) is 0.408. The van der Waals surface area contributed by atoms with E-state index in [2.05, 4.69) is 6.92 Å². The Morgan fingerprint density at radius 1 is 0.786 bits per heavy atom. The fourth-order valence-electron chi connectivity index (χ4n) is 2.69. The van der Waals surface area contributed by atoms with Crippen LogP contribution < -0.4 is 0 Å². The summed E-state index contributed by atoms with van der Waals surface area (Å²) in [7, 11) is 0. The first-order valence-corrected chi connectivity index (χ1v) is 9.38. The van der Waals surface area contributed by atoms with Crippen molar-refractivity contribution in [2.45, 2.75) is 80.6 Å². The van der Waals surface area contributed by atoms with Gasteiger partial charge in [-0.2, -0.15) is 0 Å². The summed E-state index contributed by atoms with van der Waals surface area (Å²) < 4.78 is 0. The largest absolute Gasteiger partial charge is 0.261 e. The molecular formula is C13H27Al. The minimum Gasteiger partial charge on any atom is -0.0939 e. The Balaban J connectivity index is 1.82. The Bertz CT molecular complexity index is 116. The van der Waals surface area contributed by atoms with Crippen LogP contribution in [0.3, 0.4) is 0 Å². The minimum absolute atomic E-state index is 0.185. The van der Waals surface area contributed by atoms with Gasteiger partial charge in [-0.25, -0.2) is 0 Å². The third kappa shape index (κ3) is 6.10. The molecule has 82 valence electrons. The summed E-state index contributed by atoms with van der Waals surface area (Å²) >= 11 is -0.185. The van der Waals surface area contributed by atoms with Crippen molar-refractivity contribution in [1.29, 1.82) is 0 Å². The second-order valence-corrected chi connectivity index (χ2v) is 8.52. The van der Waals surface area contributed by atoms with Crippen molar-refractivity contribution in [2.24, 2.45) is 0 Å². The average Bonchev–Trinajstić information content (AvgIpc) is 2.25. The number of hydrogen-bond acceptors (Lipinski definition) is 0. The van der Waals surface area contributed by atoms with Crippen LogP contribution in [0.4, 0.5) is 0 Å². The summed E-state index contributed by atoms with van der Waals surface area (Å²) in [6.45, 7) is 2.30. The molecule has 0 bridgehead atoms. The van der Waals surface area contributed by atoms with E-state index in [-0.39, 0.29) is 14.1 Å². The summed E-state index contributed by atoms with van der Waals surface area (Å²) in [4.78, 5) is 0. The Morgan fingerprint density at radius 2 is 1.43 bits per heavy atom. The van der Waals surface area contributed by atoms with E-state index in [0.717, 1.165) is 0 Å². The highest BCUT2D eigenvalue weighted by atomic mass is 27.2. The highest BCUT2D eigenvalue weighted by Crippen LogP contribution is 2.23. The first kappa shape index (κ1) is 12.6.